The van der Waals surface area contributed by atoms with Gasteiger partial charge in [-0.2, -0.15) is 11.3 Å². The summed E-state index contributed by atoms with van der Waals surface area (Å²) in [4.78, 5) is 11.0. The molecular weight excluding hydrogens is 238 g/mol. The SMILES string of the molecule is CC(Br)C(=O)NCc1ccsc1. The monoisotopic (exact) mass is 247 g/mol. The molecule has 0 aliphatic rings. The van der Waals surface area contributed by atoms with Crippen LogP contribution in [0.15, 0.2) is 16.8 Å². The van der Waals surface area contributed by atoms with E-state index in [0.29, 0.717) is 6.54 Å². The molecule has 1 rings (SSSR count). The van der Waals surface area contributed by atoms with E-state index in [4.69, 9.17) is 0 Å². The molecule has 0 saturated heterocycles. The molecule has 1 N–H and O–H groups in total. The van der Waals surface area contributed by atoms with Crippen molar-refractivity contribution in [2.24, 2.45) is 0 Å². The predicted molar refractivity (Wildman–Crippen MR) is 54.6 cm³/mol. The van der Waals surface area contributed by atoms with E-state index in [1.807, 2.05) is 23.8 Å². The average Bonchev–Trinajstić information content (AvgIpc) is 2.51. The maximum absolute atomic E-state index is 11.1. The Morgan fingerprint density at radius 2 is 2.58 bits per heavy atom. The number of rotatable bonds is 3. The molecule has 0 saturated carbocycles. The van der Waals surface area contributed by atoms with Crippen molar-refractivity contribution in [1.82, 2.24) is 5.32 Å². The Hall–Kier alpha value is -0.350. The fourth-order valence-electron chi connectivity index (χ4n) is 0.723. The first-order chi connectivity index (χ1) is 5.70. The summed E-state index contributed by atoms with van der Waals surface area (Å²) in [5, 5.41) is 6.83. The maximum Gasteiger partial charge on any atom is 0.233 e. The summed E-state index contributed by atoms with van der Waals surface area (Å²) in [5.41, 5.74) is 1.15. The maximum atomic E-state index is 11.1. The topological polar surface area (TPSA) is 29.1 Å². The minimum Gasteiger partial charge on any atom is -0.351 e. The van der Waals surface area contributed by atoms with Crippen LogP contribution in [-0.2, 0) is 11.3 Å². The van der Waals surface area contributed by atoms with Gasteiger partial charge in [0.15, 0.2) is 0 Å². The highest BCUT2D eigenvalue weighted by atomic mass is 79.9. The van der Waals surface area contributed by atoms with Gasteiger partial charge in [-0.3, -0.25) is 4.79 Å². The van der Waals surface area contributed by atoms with Crippen LogP contribution in [0, 0.1) is 0 Å². The fraction of sp³-hybridized carbons (Fsp3) is 0.375. The van der Waals surface area contributed by atoms with Gasteiger partial charge in [0.1, 0.15) is 0 Å². The highest BCUT2D eigenvalue weighted by molar-refractivity contribution is 9.10. The molecule has 12 heavy (non-hydrogen) atoms. The Morgan fingerprint density at radius 1 is 1.83 bits per heavy atom. The van der Waals surface area contributed by atoms with Crippen molar-refractivity contribution in [2.75, 3.05) is 0 Å². The number of carbonyl (C=O) groups excluding carboxylic acids is 1. The molecule has 0 aliphatic carbocycles. The van der Waals surface area contributed by atoms with E-state index in [9.17, 15) is 4.79 Å². The Balaban J connectivity index is 2.32. The van der Waals surface area contributed by atoms with Crippen LogP contribution in [-0.4, -0.2) is 10.7 Å². The van der Waals surface area contributed by atoms with Crippen molar-refractivity contribution in [3.8, 4) is 0 Å². The summed E-state index contributed by atoms with van der Waals surface area (Å²) >= 11 is 4.83. The van der Waals surface area contributed by atoms with E-state index in [-0.39, 0.29) is 10.7 Å². The van der Waals surface area contributed by atoms with Crippen LogP contribution in [0.1, 0.15) is 12.5 Å². The van der Waals surface area contributed by atoms with E-state index >= 15 is 0 Å². The second-order valence-electron chi connectivity index (χ2n) is 2.47. The van der Waals surface area contributed by atoms with Gasteiger partial charge in [-0.1, -0.05) is 15.9 Å². The zero-order chi connectivity index (χ0) is 8.97. The van der Waals surface area contributed by atoms with Gasteiger partial charge in [0.05, 0.1) is 4.83 Å². The number of carbonyl (C=O) groups is 1. The molecule has 0 aromatic carbocycles. The third-order valence-electron chi connectivity index (χ3n) is 1.41. The van der Waals surface area contributed by atoms with E-state index in [2.05, 4.69) is 21.2 Å². The molecule has 1 amide bonds. The highest BCUT2D eigenvalue weighted by Crippen LogP contribution is 2.05. The third-order valence-corrected chi connectivity index (χ3v) is 2.56. The molecule has 0 aliphatic heterocycles. The van der Waals surface area contributed by atoms with Gasteiger partial charge < -0.3 is 5.32 Å². The lowest BCUT2D eigenvalue weighted by atomic mass is 10.3. The number of hydrogen-bond donors (Lipinski definition) is 1. The van der Waals surface area contributed by atoms with Crippen molar-refractivity contribution in [2.45, 2.75) is 18.3 Å². The molecule has 0 fully saturated rings. The van der Waals surface area contributed by atoms with Crippen molar-refractivity contribution in [3.05, 3.63) is 22.4 Å². The second kappa shape index (κ2) is 4.62. The molecule has 1 aromatic heterocycles. The van der Waals surface area contributed by atoms with Gasteiger partial charge in [0, 0.05) is 6.54 Å². The lowest BCUT2D eigenvalue weighted by Crippen LogP contribution is -2.28. The quantitative estimate of drug-likeness (QED) is 0.816. The molecule has 1 heterocycles. The van der Waals surface area contributed by atoms with Crippen LogP contribution in [0.4, 0.5) is 0 Å². The molecular formula is C8H10BrNOS. The zero-order valence-electron chi connectivity index (χ0n) is 6.71. The van der Waals surface area contributed by atoms with Gasteiger partial charge in [0.2, 0.25) is 5.91 Å². The Kier molecular flexibility index (Phi) is 3.75. The summed E-state index contributed by atoms with van der Waals surface area (Å²) in [6.45, 7) is 2.43. The standard InChI is InChI=1S/C8H10BrNOS/c1-6(9)8(11)10-4-7-2-3-12-5-7/h2-3,5-6H,4H2,1H3,(H,10,11). The first kappa shape index (κ1) is 9.74. The number of thiophene rings is 1. The molecule has 66 valence electrons. The number of halogens is 1. The average molecular weight is 248 g/mol. The normalized spacial score (nSPS) is 12.5. The van der Waals surface area contributed by atoms with Crippen LogP contribution in [0.2, 0.25) is 0 Å². The lowest BCUT2D eigenvalue weighted by Gasteiger charge is -2.04. The summed E-state index contributed by atoms with van der Waals surface area (Å²) in [6, 6.07) is 2.00. The van der Waals surface area contributed by atoms with Gasteiger partial charge in [0.25, 0.3) is 0 Å². The predicted octanol–water partition coefficient (Wildman–Crippen LogP) is 2.15. The minimum atomic E-state index is -0.115. The van der Waals surface area contributed by atoms with E-state index in [1.54, 1.807) is 11.3 Å². The van der Waals surface area contributed by atoms with Gasteiger partial charge >= 0.3 is 0 Å². The van der Waals surface area contributed by atoms with Gasteiger partial charge in [-0.15, -0.1) is 0 Å². The van der Waals surface area contributed by atoms with E-state index in [0.717, 1.165) is 5.56 Å². The highest BCUT2D eigenvalue weighted by Gasteiger charge is 2.06. The van der Waals surface area contributed by atoms with E-state index in [1.165, 1.54) is 0 Å². The molecule has 1 atom stereocenters. The molecule has 0 radical (unpaired) electrons. The van der Waals surface area contributed by atoms with Crippen LogP contribution >= 0.6 is 27.3 Å². The first-order valence-electron chi connectivity index (χ1n) is 3.63. The van der Waals surface area contributed by atoms with E-state index < -0.39 is 0 Å². The van der Waals surface area contributed by atoms with Gasteiger partial charge in [-0.05, 0) is 29.3 Å². The number of amides is 1. The summed E-state index contributed by atoms with van der Waals surface area (Å²) in [7, 11) is 0. The van der Waals surface area contributed by atoms with Crippen molar-refractivity contribution < 1.29 is 4.79 Å². The molecule has 1 aromatic rings. The van der Waals surface area contributed by atoms with Crippen molar-refractivity contribution in [3.63, 3.8) is 0 Å². The van der Waals surface area contributed by atoms with Crippen molar-refractivity contribution in [1.29, 1.82) is 0 Å². The number of hydrogen-bond acceptors (Lipinski definition) is 2. The molecule has 2 nitrogen and oxygen atoms in total. The number of nitrogens with one attached hydrogen (secondary N) is 1. The van der Waals surface area contributed by atoms with Gasteiger partial charge in [-0.25, -0.2) is 0 Å². The van der Waals surface area contributed by atoms with Crippen molar-refractivity contribution >= 4 is 33.2 Å². The lowest BCUT2D eigenvalue weighted by molar-refractivity contribution is -0.120. The molecule has 0 bridgehead atoms. The molecule has 0 spiro atoms. The summed E-state index contributed by atoms with van der Waals surface area (Å²) in [6.07, 6.45) is 0. The molecule has 4 heteroatoms. The first-order valence-corrected chi connectivity index (χ1v) is 5.49. The largest absolute Gasteiger partial charge is 0.351 e. The fourth-order valence-corrected chi connectivity index (χ4v) is 1.55. The van der Waals surface area contributed by atoms with Crippen LogP contribution in [0.25, 0.3) is 0 Å². The minimum absolute atomic E-state index is 0.0289. The second-order valence-corrected chi connectivity index (χ2v) is 4.62. The Labute approximate surface area is 84.1 Å². The van der Waals surface area contributed by atoms with Crippen LogP contribution < -0.4 is 5.32 Å². The smallest absolute Gasteiger partial charge is 0.233 e. The van der Waals surface area contributed by atoms with Crippen LogP contribution in [0.5, 0.6) is 0 Å². The Bertz CT molecular complexity index is 246. The zero-order valence-corrected chi connectivity index (χ0v) is 9.11. The summed E-state index contributed by atoms with van der Waals surface area (Å²) < 4.78 is 0. The van der Waals surface area contributed by atoms with Crippen LogP contribution in [0.3, 0.4) is 0 Å². The molecule has 1 unspecified atom stereocenters. The number of alkyl halides is 1. The third kappa shape index (κ3) is 2.95. The Morgan fingerprint density at radius 3 is 3.08 bits per heavy atom. The summed E-state index contributed by atoms with van der Waals surface area (Å²) in [5.74, 6) is 0.0289.